The van der Waals surface area contributed by atoms with Crippen molar-refractivity contribution < 1.29 is 8.78 Å². The molecular weight excluding hydrogens is 314 g/mol. The number of benzene rings is 1. The lowest BCUT2D eigenvalue weighted by molar-refractivity contribution is 0.609. The van der Waals surface area contributed by atoms with Crippen LogP contribution in [0.5, 0.6) is 0 Å². The first-order chi connectivity index (χ1) is 8.97. The largest absolute Gasteiger partial charge is 0.384 e. The molecule has 2 aromatic rings. The summed E-state index contributed by atoms with van der Waals surface area (Å²) in [5.74, 6) is -1.00. The molecule has 1 aromatic carbocycles. The van der Waals surface area contributed by atoms with E-state index in [9.17, 15) is 8.78 Å². The number of nitrogens with one attached hydrogen (secondary N) is 1. The maximum atomic E-state index is 14.3. The van der Waals surface area contributed by atoms with Gasteiger partial charge in [-0.3, -0.25) is 0 Å². The number of halogens is 3. The fourth-order valence-corrected chi connectivity index (χ4v) is 2.41. The van der Waals surface area contributed by atoms with Crippen molar-refractivity contribution in [3.63, 3.8) is 0 Å². The zero-order valence-electron chi connectivity index (χ0n) is 11.1. The van der Waals surface area contributed by atoms with E-state index in [4.69, 9.17) is 0 Å². The molecule has 0 aliphatic heterocycles. The fourth-order valence-electron chi connectivity index (χ4n) is 2.01. The van der Waals surface area contributed by atoms with Gasteiger partial charge >= 0.3 is 0 Å². The van der Waals surface area contributed by atoms with Gasteiger partial charge in [-0.05, 0) is 47.8 Å². The van der Waals surface area contributed by atoms with Crippen LogP contribution < -0.4 is 5.32 Å². The highest BCUT2D eigenvalue weighted by molar-refractivity contribution is 9.10. The molecule has 5 heteroatoms. The van der Waals surface area contributed by atoms with Crippen molar-refractivity contribution in [2.24, 2.45) is 0 Å². The SMILES string of the molecule is CCCNc1c(C)c(C)nc2c(F)cc(Br)c(F)c12. The number of aryl methyl sites for hydroxylation is 1. The van der Waals surface area contributed by atoms with E-state index < -0.39 is 11.6 Å². The molecule has 19 heavy (non-hydrogen) atoms. The lowest BCUT2D eigenvalue weighted by Crippen LogP contribution is -2.06. The first-order valence-electron chi connectivity index (χ1n) is 6.15. The van der Waals surface area contributed by atoms with Gasteiger partial charge in [0, 0.05) is 12.2 Å². The molecule has 0 atom stereocenters. The summed E-state index contributed by atoms with van der Waals surface area (Å²) >= 11 is 3.04. The lowest BCUT2D eigenvalue weighted by Gasteiger charge is -2.15. The Morgan fingerprint density at radius 2 is 2.00 bits per heavy atom. The van der Waals surface area contributed by atoms with Crippen molar-refractivity contribution in [1.29, 1.82) is 0 Å². The van der Waals surface area contributed by atoms with Crippen LogP contribution in [0.25, 0.3) is 10.9 Å². The topological polar surface area (TPSA) is 24.9 Å². The molecule has 0 unspecified atom stereocenters. The predicted octanol–water partition coefficient (Wildman–Crippen LogP) is 4.71. The molecule has 0 radical (unpaired) electrons. The second-order valence-corrected chi connectivity index (χ2v) is 5.36. The third-order valence-electron chi connectivity index (χ3n) is 3.14. The zero-order chi connectivity index (χ0) is 14.2. The number of fused-ring (bicyclic) bond motifs is 1. The molecule has 0 fully saturated rings. The number of rotatable bonds is 3. The van der Waals surface area contributed by atoms with Gasteiger partial charge in [-0.15, -0.1) is 0 Å². The monoisotopic (exact) mass is 328 g/mol. The fraction of sp³-hybridized carbons (Fsp3) is 0.357. The summed E-state index contributed by atoms with van der Waals surface area (Å²) in [7, 11) is 0. The highest BCUT2D eigenvalue weighted by Gasteiger charge is 2.18. The van der Waals surface area contributed by atoms with E-state index in [1.165, 1.54) is 0 Å². The van der Waals surface area contributed by atoms with Crippen molar-refractivity contribution in [3.8, 4) is 0 Å². The van der Waals surface area contributed by atoms with Gasteiger partial charge in [-0.2, -0.15) is 0 Å². The van der Waals surface area contributed by atoms with Crippen molar-refractivity contribution >= 4 is 32.5 Å². The van der Waals surface area contributed by atoms with E-state index in [2.05, 4.69) is 26.2 Å². The van der Waals surface area contributed by atoms with E-state index in [0.717, 1.165) is 18.1 Å². The van der Waals surface area contributed by atoms with Crippen LogP contribution in [-0.4, -0.2) is 11.5 Å². The molecule has 0 aliphatic rings. The summed E-state index contributed by atoms with van der Waals surface area (Å²) in [6, 6.07) is 1.11. The predicted molar refractivity (Wildman–Crippen MR) is 77.6 cm³/mol. The Morgan fingerprint density at radius 3 is 2.63 bits per heavy atom. The van der Waals surface area contributed by atoms with Crippen LogP contribution in [0.3, 0.4) is 0 Å². The van der Waals surface area contributed by atoms with Gasteiger partial charge in [-0.1, -0.05) is 6.92 Å². The highest BCUT2D eigenvalue weighted by atomic mass is 79.9. The molecule has 1 aromatic heterocycles. The Kier molecular flexibility index (Phi) is 4.04. The van der Waals surface area contributed by atoms with E-state index in [0.29, 0.717) is 17.9 Å². The van der Waals surface area contributed by atoms with Gasteiger partial charge in [0.25, 0.3) is 0 Å². The molecule has 2 nitrogen and oxygen atoms in total. The normalized spacial score (nSPS) is 11.1. The minimum Gasteiger partial charge on any atom is -0.384 e. The minimum atomic E-state index is -0.522. The first kappa shape index (κ1) is 14.2. The number of pyridine rings is 1. The molecule has 1 heterocycles. The molecule has 0 aliphatic carbocycles. The van der Waals surface area contributed by atoms with Gasteiger partial charge < -0.3 is 5.32 Å². The van der Waals surface area contributed by atoms with Gasteiger partial charge in [0.2, 0.25) is 0 Å². The Hall–Kier alpha value is -1.23. The smallest absolute Gasteiger partial charge is 0.150 e. The van der Waals surface area contributed by atoms with E-state index >= 15 is 0 Å². The van der Waals surface area contributed by atoms with E-state index in [-0.39, 0.29) is 15.4 Å². The molecule has 0 bridgehead atoms. The lowest BCUT2D eigenvalue weighted by atomic mass is 10.1. The van der Waals surface area contributed by atoms with Crippen LogP contribution in [-0.2, 0) is 0 Å². The van der Waals surface area contributed by atoms with Crippen molar-refractivity contribution in [2.75, 3.05) is 11.9 Å². The Balaban J connectivity index is 2.85. The molecule has 1 N–H and O–H groups in total. The maximum Gasteiger partial charge on any atom is 0.150 e. The highest BCUT2D eigenvalue weighted by Crippen LogP contribution is 2.34. The standard InChI is InChI=1S/C14H15BrF2N2/c1-4-5-18-13-7(2)8(3)19-14-10(16)6-9(15)12(17)11(13)14/h6H,4-5H2,1-3H3,(H,18,19). The van der Waals surface area contributed by atoms with Crippen LogP contribution in [0.15, 0.2) is 10.5 Å². The van der Waals surface area contributed by atoms with Crippen LogP contribution in [0.2, 0.25) is 0 Å². The zero-order valence-corrected chi connectivity index (χ0v) is 12.7. The van der Waals surface area contributed by atoms with Crippen LogP contribution in [0, 0.1) is 25.5 Å². The van der Waals surface area contributed by atoms with Crippen molar-refractivity contribution in [1.82, 2.24) is 4.98 Å². The van der Waals surface area contributed by atoms with Gasteiger partial charge in [0.05, 0.1) is 15.5 Å². The second-order valence-electron chi connectivity index (χ2n) is 4.50. The first-order valence-corrected chi connectivity index (χ1v) is 6.95. The number of anilines is 1. The minimum absolute atomic E-state index is 0.0717. The Bertz CT molecular complexity index is 641. The molecule has 0 amide bonds. The quantitative estimate of drug-likeness (QED) is 0.825. The average Bonchev–Trinajstić information content (AvgIpc) is 2.37. The average molecular weight is 329 g/mol. The van der Waals surface area contributed by atoms with Crippen LogP contribution >= 0.6 is 15.9 Å². The summed E-state index contributed by atoms with van der Waals surface area (Å²) in [4.78, 5) is 4.17. The molecule has 0 saturated heterocycles. The van der Waals surface area contributed by atoms with Gasteiger partial charge in [0.1, 0.15) is 11.3 Å². The number of hydrogen-bond donors (Lipinski definition) is 1. The summed E-state index contributed by atoms with van der Waals surface area (Å²) in [5, 5.41) is 3.39. The van der Waals surface area contributed by atoms with Gasteiger partial charge in [-0.25, -0.2) is 13.8 Å². The van der Waals surface area contributed by atoms with E-state index in [1.54, 1.807) is 6.92 Å². The third-order valence-corrected chi connectivity index (χ3v) is 3.72. The summed E-state index contributed by atoms with van der Waals surface area (Å²) in [6.07, 6.45) is 0.903. The van der Waals surface area contributed by atoms with Crippen LogP contribution in [0.4, 0.5) is 14.5 Å². The third kappa shape index (κ3) is 2.43. The summed E-state index contributed by atoms with van der Waals surface area (Å²) in [5.41, 5.74) is 2.24. The maximum absolute atomic E-state index is 14.3. The number of hydrogen-bond acceptors (Lipinski definition) is 2. The Morgan fingerprint density at radius 1 is 1.32 bits per heavy atom. The number of aromatic nitrogens is 1. The molecule has 0 saturated carbocycles. The van der Waals surface area contributed by atoms with Crippen molar-refractivity contribution in [2.45, 2.75) is 27.2 Å². The van der Waals surface area contributed by atoms with Gasteiger partial charge in [0.15, 0.2) is 5.82 Å². The number of nitrogens with zero attached hydrogens (tertiary/aromatic N) is 1. The van der Waals surface area contributed by atoms with Crippen LogP contribution in [0.1, 0.15) is 24.6 Å². The summed E-state index contributed by atoms with van der Waals surface area (Å²) < 4.78 is 28.4. The molecule has 0 spiro atoms. The second kappa shape index (κ2) is 5.41. The molecule has 102 valence electrons. The Labute approximate surface area is 119 Å². The molecule has 2 rings (SSSR count). The van der Waals surface area contributed by atoms with E-state index in [1.807, 2.05) is 13.8 Å². The molecular formula is C14H15BrF2N2. The summed E-state index contributed by atoms with van der Waals surface area (Å²) in [6.45, 7) is 6.38. The van der Waals surface area contributed by atoms with Crippen molar-refractivity contribution in [3.05, 3.63) is 33.4 Å².